The Hall–Kier alpha value is -2.32. The summed E-state index contributed by atoms with van der Waals surface area (Å²) in [6.07, 6.45) is 3.63. The average molecular weight is 478 g/mol. The maximum atomic E-state index is 15.1. The molecule has 168 valence electrons. The minimum atomic E-state index is -0.569. The van der Waals surface area contributed by atoms with Crippen molar-refractivity contribution in [1.29, 1.82) is 0 Å². The highest BCUT2D eigenvalue weighted by atomic mass is 35.5. The highest BCUT2D eigenvalue weighted by Crippen LogP contribution is 2.43. The Morgan fingerprint density at radius 1 is 1.19 bits per heavy atom. The summed E-state index contributed by atoms with van der Waals surface area (Å²) in [7, 11) is 1.63. The summed E-state index contributed by atoms with van der Waals surface area (Å²) < 4.78 is 24.1. The van der Waals surface area contributed by atoms with Gasteiger partial charge in [0, 0.05) is 54.2 Å². The summed E-state index contributed by atoms with van der Waals surface area (Å²) in [5.41, 5.74) is 1.91. The van der Waals surface area contributed by atoms with E-state index in [4.69, 9.17) is 27.9 Å². The number of hydrogen-bond donors (Lipinski definition) is 1. The average Bonchev–Trinajstić information content (AvgIpc) is 3.42. The SMILES string of the molecule is Cn1ccn(-c2ccc(O[C@@H]3c4cc(Cl)cc(Cl)c4C[C@H]3N3CC[C@@H](O)C3)c(F)c2)c1=O. The predicted molar refractivity (Wildman–Crippen MR) is 120 cm³/mol. The molecule has 1 aromatic heterocycles. The van der Waals surface area contributed by atoms with Gasteiger partial charge in [0.1, 0.15) is 6.10 Å². The molecule has 3 aromatic rings. The molecule has 1 aliphatic carbocycles. The van der Waals surface area contributed by atoms with Crippen molar-refractivity contribution < 1.29 is 14.2 Å². The molecule has 1 saturated heterocycles. The van der Waals surface area contributed by atoms with Crippen LogP contribution in [0.15, 0.2) is 47.5 Å². The number of aliphatic hydroxyl groups excluding tert-OH is 1. The molecule has 0 unspecified atom stereocenters. The van der Waals surface area contributed by atoms with Crippen LogP contribution < -0.4 is 10.4 Å². The Morgan fingerprint density at radius 2 is 2.00 bits per heavy atom. The normalized spacial score (nSPS) is 23.0. The first-order chi connectivity index (χ1) is 15.3. The van der Waals surface area contributed by atoms with Crippen molar-refractivity contribution in [2.45, 2.75) is 31.1 Å². The van der Waals surface area contributed by atoms with Crippen LogP contribution in [0, 0.1) is 5.82 Å². The standard InChI is InChI=1S/C23H22Cl2FN3O3/c1-27-6-7-29(23(27)31)14-2-3-21(19(26)10-14)32-22-17-8-13(24)9-18(25)16(17)11-20(22)28-5-4-15(30)12-28/h2-3,6-10,15,20,22,30H,4-5,11-12H2,1H3/t15-,20-,22-/m1/s1. The van der Waals surface area contributed by atoms with Crippen LogP contribution in [0.4, 0.5) is 4.39 Å². The summed E-state index contributed by atoms with van der Waals surface area (Å²) in [5.74, 6) is -0.489. The van der Waals surface area contributed by atoms with Gasteiger partial charge in [0.05, 0.1) is 17.8 Å². The van der Waals surface area contributed by atoms with Gasteiger partial charge in [-0.1, -0.05) is 23.2 Å². The van der Waals surface area contributed by atoms with Crippen molar-refractivity contribution in [3.05, 3.63) is 80.2 Å². The minimum Gasteiger partial charge on any atom is -0.481 e. The van der Waals surface area contributed by atoms with E-state index in [-0.39, 0.29) is 17.5 Å². The van der Waals surface area contributed by atoms with Crippen LogP contribution in [0.5, 0.6) is 5.75 Å². The van der Waals surface area contributed by atoms with E-state index in [1.165, 1.54) is 21.3 Å². The lowest BCUT2D eigenvalue weighted by Crippen LogP contribution is -2.39. The smallest absolute Gasteiger partial charge is 0.332 e. The third-order valence-corrected chi connectivity index (χ3v) is 6.88. The molecule has 5 rings (SSSR count). The zero-order valence-corrected chi connectivity index (χ0v) is 18.9. The Morgan fingerprint density at radius 3 is 2.66 bits per heavy atom. The van der Waals surface area contributed by atoms with Crippen molar-refractivity contribution in [3.8, 4) is 11.4 Å². The molecule has 2 aromatic carbocycles. The monoisotopic (exact) mass is 477 g/mol. The number of β-amino-alcohol motifs (C(OH)–C–C–N with tert-alkyl or cyclic N) is 1. The zero-order chi connectivity index (χ0) is 22.6. The topological polar surface area (TPSA) is 59.6 Å². The summed E-state index contributed by atoms with van der Waals surface area (Å²) in [4.78, 5) is 14.3. The second kappa shape index (κ2) is 8.23. The Kier molecular flexibility index (Phi) is 5.53. The number of aliphatic hydroxyl groups is 1. The van der Waals surface area contributed by atoms with E-state index >= 15 is 4.39 Å². The van der Waals surface area contributed by atoms with Crippen LogP contribution >= 0.6 is 23.2 Å². The minimum absolute atomic E-state index is 0.0800. The number of aryl methyl sites for hydroxylation is 1. The van der Waals surface area contributed by atoms with E-state index in [1.807, 2.05) is 6.07 Å². The molecule has 0 amide bonds. The van der Waals surface area contributed by atoms with Crippen molar-refractivity contribution in [2.75, 3.05) is 13.1 Å². The van der Waals surface area contributed by atoms with Crippen LogP contribution in [0.2, 0.25) is 10.0 Å². The lowest BCUT2D eigenvalue weighted by Gasteiger charge is -2.30. The number of fused-ring (bicyclic) bond motifs is 1. The summed E-state index contributed by atoms with van der Waals surface area (Å²) in [6, 6.07) is 7.88. The number of imidazole rings is 1. The predicted octanol–water partition coefficient (Wildman–Crippen LogP) is 3.73. The fraction of sp³-hybridized carbons (Fsp3) is 0.348. The molecule has 9 heteroatoms. The molecule has 0 spiro atoms. The Bertz CT molecular complexity index is 1240. The fourth-order valence-corrected chi connectivity index (χ4v) is 5.27. The summed E-state index contributed by atoms with van der Waals surface area (Å²) >= 11 is 12.7. The van der Waals surface area contributed by atoms with Gasteiger partial charge >= 0.3 is 5.69 Å². The molecule has 6 nitrogen and oxygen atoms in total. The van der Waals surface area contributed by atoms with E-state index in [9.17, 15) is 9.90 Å². The molecule has 0 bridgehead atoms. The maximum absolute atomic E-state index is 15.1. The highest BCUT2D eigenvalue weighted by molar-refractivity contribution is 6.35. The van der Waals surface area contributed by atoms with E-state index in [0.717, 1.165) is 17.7 Å². The number of hydrogen-bond acceptors (Lipinski definition) is 4. The van der Waals surface area contributed by atoms with Gasteiger partial charge in [0.15, 0.2) is 11.6 Å². The zero-order valence-electron chi connectivity index (χ0n) is 17.3. The quantitative estimate of drug-likeness (QED) is 0.621. The van der Waals surface area contributed by atoms with Crippen LogP contribution in [-0.2, 0) is 13.5 Å². The summed E-state index contributed by atoms with van der Waals surface area (Å²) in [6.45, 7) is 1.26. The fourth-order valence-electron chi connectivity index (χ4n) is 4.68. The van der Waals surface area contributed by atoms with Crippen LogP contribution in [0.3, 0.4) is 0 Å². The van der Waals surface area contributed by atoms with E-state index in [1.54, 1.807) is 31.6 Å². The van der Waals surface area contributed by atoms with Gasteiger partial charge in [0.25, 0.3) is 0 Å². The van der Waals surface area contributed by atoms with Crippen molar-refractivity contribution >= 4 is 23.2 Å². The molecule has 3 atom stereocenters. The van der Waals surface area contributed by atoms with Crippen LogP contribution in [0.1, 0.15) is 23.7 Å². The van der Waals surface area contributed by atoms with E-state index < -0.39 is 18.0 Å². The van der Waals surface area contributed by atoms with Gasteiger partial charge < -0.3 is 14.4 Å². The molecule has 0 radical (unpaired) electrons. The third-order valence-electron chi connectivity index (χ3n) is 6.32. The number of rotatable bonds is 4. The number of aromatic nitrogens is 2. The van der Waals surface area contributed by atoms with Gasteiger partial charge in [-0.25, -0.2) is 9.18 Å². The molecular weight excluding hydrogens is 456 g/mol. The van der Waals surface area contributed by atoms with Gasteiger partial charge in [0.2, 0.25) is 0 Å². The van der Waals surface area contributed by atoms with Gasteiger partial charge in [-0.05, 0) is 42.7 Å². The van der Waals surface area contributed by atoms with E-state index in [0.29, 0.717) is 35.1 Å². The molecule has 32 heavy (non-hydrogen) atoms. The number of nitrogens with zero attached hydrogens (tertiary/aromatic N) is 3. The second-order valence-electron chi connectivity index (χ2n) is 8.38. The molecular formula is C23H22Cl2FN3O3. The molecule has 2 heterocycles. The maximum Gasteiger partial charge on any atom is 0.332 e. The largest absolute Gasteiger partial charge is 0.481 e. The van der Waals surface area contributed by atoms with Crippen LogP contribution in [0.25, 0.3) is 5.69 Å². The Balaban J connectivity index is 1.49. The molecule has 1 N–H and O–H groups in total. The molecule has 0 saturated carbocycles. The van der Waals surface area contributed by atoms with E-state index in [2.05, 4.69) is 4.90 Å². The molecule has 1 aliphatic heterocycles. The van der Waals surface area contributed by atoms with Gasteiger partial charge in [-0.2, -0.15) is 0 Å². The number of ether oxygens (including phenoxy) is 1. The first-order valence-electron chi connectivity index (χ1n) is 10.4. The molecule has 1 fully saturated rings. The number of halogens is 3. The molecule has 2 aliphatic rings. The first kappa shape index (κ1) is 21.5. The van der Waals surface area contributed by atoms with Gasteiger partial charge in [-0.15, -0.1) is 0 Å². The second-order valence-corrected chi connectivity index (χ2v) is 9.22. The number of likely N-dealkylation sites (tertiary alicyclic amines) is 1. The highest BCUT2D eigenvalue weighted by Gasteiger charge is 2.42. The third kappa shape index (κ3) is 3.73. The van der Waals surface area contributed by atoms with Crippen LogP contribution in [-0.4, -0.2) is 44.4 Å². The number of benzene rings is 2. The first-order valence-corrected chi connectivity index (χ1v) is 11.2. The van der Waals surface area contributed by atoms with Crippen molar-refractivity contribution in [2.24, 2.45) is 7.05 Å². The Labute approximate surface area is 194 Å². The van der Waals surface area contributed by atoms with Crippen molar-refractivity contribution in [1.82, 2.24) is 14.0 Å². The lowest BCUT2D eigenvalue weighted by molar-refractivity contribution is 0.0790. The van der Waals surface area contributed by atoms with Gasteiger partial charge in [-0.3, -0.25) is 9.47 Å². The lowest BCUT2D eigenvalue weighted by atomic mass is 10.1. The summed E-state index contributed by atoms with van der Waals surface area (Å²) in [5, 5.41) is 11.1. The van der Waals surface area contributed by atoms with Crippen molar-refractivity contribution in [3.63, 3.8) is 0 Å².